The van der Waals surface area contributed by atoms with E-state index in [2.05, 4.69) is 0 Å². The number of hydrogen-bond donors (Lipinski definition) is 0. The number of nitriles is 1. The van der Waals surface area contributed by atoms with Gasteiger partial charge >= 0.3 is 0 Å². The molecule has 0 aromatic heterocycles. The molecule has 0 unspecified atom stereocenters. The van der Waals surface area contributed by atoms with Crippen molar-refractivity contribution in [1.82, 2.24) is 0 Å². The van der Waals surface area contributed by atoms with Crippen molar-refractivity contribution in [2.75, 3.05) is 7.11 Å². The van der Waals surface area contributed by atoms with E-state index in [-0.39, 0.29) is 5.75 Å². The molecule has 0 aliphatic carbocycles. The summed E-state index contributed by atoms with van der Waals surface area (Å²) in [5, 5.41) is 8.81. The molecule has 0 N–H and O–H groups in total. The van der Waals surface area contributed by atoms with Gasteiger partial charge in [-0.2, -0.15) is 5.26 Å². The molecule has 0 heterocycles. The van der Waals surface area contributed by atoms with E-state index in [1.165, 1.54) is 7.11 Å². The van der Waals surface area contributed by atoms with E-state index in [1.54, 1.807) is 42.5 Å². The summed E-state index contributed by atoms with van der Waals surface area (Å²) in [6, 6.07) is 13.8. The highest BCUT2D eigenvalue weighted by Gasteiger charge is 2.10. The predicted molar refractivity (Wildman–Crippen MR) is 63.1 cm³/mol. The SMILES string of the molecule is COc1cccc(-c2cccc(C#N)c2)c1F. The maximum Gasteiger partial charge on any atom is 0.172 e. The number of hydrogen-bond acceptors (Lipinski definition) is 2. The molecule has 0 aliphatic heterocycles. The van der Waals surface area contributed by atoms with Crippen LogP contribution in [0.1, 0.15) is 5.56 Å². The van der Waals surface area contributed by atoms with E-state index in [0.717, 1.165) is 0 Å². The third-order valence-electron chi connectivity index (χ3n) is 2.49. The topological polar surface area (TPSA) is 33.0 Å². The van der Waals surface area contributed by atoms with Crippen molar-refractivity contribution in [3.05, 3.63) is 53.8 Å². The molecule has 2 aromatic carbocycles. The molecule has 0 saturated carbocycles. The number of nitrogens with zero attached hydrogens (tertiary/aromatic N) is 1. The molecule has 0 spiro atoms. The molecular weight excluding hydrogens is 217 g/mol. The Balaban J connectivity index is 2.57. The quantitative estimate of drug-likeness (QED) is 0.788. The minimum Gasteiger partial charge on any atom is -0.494 e. The third-order valence-corrected chi connectivity index (χ3v) is 2.49. The Labute approximate surface area is 98.9 Å². The van der Waals surface area contributed by atoms with Crippen LogP contribution in [-0.4, -0.2) is 7.11 Å². The summed E-state index contributed by atoms with van der Waals surface area (Å²) in [4.78, 5) is 0. The Morgan fingerprint density at radius 1 is 1.18 bits per heavy atom. The summed E-state index contributed by atoms with van der Waals surface area (Å²) in [6.45, 7) is 0. The first-order chi connectivity index (χ1) is 8.26. The fourth-order valence-electron chi connectivity index (χ4n) is 1.65. The summed E-state index contributed by atoms with van der Waals surface area (Å²) >= 11 is 0. The molecule has 2 aromatic rings. The Morgan fingerprint density at radius 3 is 2.65 bits per heavy atom. The van der Waals surface area contributed by atoms with Crippen LogP contribution in [0.25, 0.3) is 11.1 Å². The zero-order chi connectivity index (χ0) is 12.3. The molecule has 0 bridgehead atoms. The molecule has 0 amide bonds. The molecule has 0 fully saturated rings. The number of rotatable bonds is 2. The van der Waals surface area contributed by atoms with Gasteiger partial charge in [0.15, 0.2) is 11.6 Å². The molecule has 0 atom stereocenters. The van der Waals surface area contributed by atoms with Crippen molar-refractivity contribution in [2.24, 2.45) is 0 Å². The van der Waals surface area contributed by atoms with Gasteiger partial charge in [0, 0.05) is 5.56 Å². The van der Waals surface area contributed by atoms with Crippen molar-refractivity contribution >= 4 is 0 Å². The van der Waals surface area contributed by atoms with Gasteiger partial charge in [-0.25, -0.2) is 4.39 Å². The molecule has 17 heavy (non-hydrogen) atoms. The second-order valence-corrected chi connectivity index (χ2v) is 3.51. The molecule has 84 valence electrons. The van der Waals surface area contributed by atoms with E-state index in [9.17, 15) is 4.39 Å². The lowest BCUT2D eigenvalue weighted by Gasteiger charge is -2.07. The minimum atomic E-state index is -0.412. The van der Waals surface area contributed by atoms with Gasteiger partial charge in [-0.1, -0.05) is 24.3 Å². The highest BCUT2D eigenvalue weighted by Crippen LogP contribution is 2.29. The molecule has 0 aliphatic rings. The summed E-state index contributed by atoms with van der Waals surface area (Å²) in [5.74, 6) is -0.213. The molecule has 0 radical (unpaired) electrons. The van der Waals surface area contributed by atoms with Crippen LogP contribution in [0.5, 0.6) is 5.75 Å². The number of halogens is 1. The predicted octanol–water partition coefficient (Wildman–Crippen LogP) is 3.37. The van der Waals surface area contributed by atoms with Gasteiger partial charge in [0.2, 0.25) is 0 Å². The van der Waals surface area contributed by atoms with Crippen molar-refractivity contribution in [2.45, 2.75) is 0 Å². The molecule has 2 nitrogen and oxygen atoms in total. The fraction of sp³-hybridized carbons (Fsp3) is 0.0714. The van der Waals surface area contributed by atoms with Gasteiger partial charge < -0.3 is 4.74 Å². The number of ether oxygens (including phenoxy) is 1. The van der Waals surface area contributed by atoms with Crippen LogP contribution in [0.3, 0.4) is 0 Å². The number of benzene rings is 2. The van der Waals surface area contributed by atoms with E-state index >= 15 is 0 Å². The van der Waals surface area contributed by atoms with Crippen molar-refractivity contribution < 1.29 is 9.13 Å². The van der Waals surface area contributed by atoms with Gasteiger partial charge in [0.05, 0.1) is 18.7 Å². The maximum absolute atomic E-state index is 14.0. The normalized spacial score (nSPS) is 9.71. The highest BCUT2D eigenvalue weighted by molar-refractivity contribution is 5.67. The lowest BCUT2D eigenvalue weighted by Crippen LogP contribution is -1.91. The second kappa shape index (κ2) is 4.67. The van der Waals surface area contributed by atoms with Gasteiger partial charge in [-0.05, 0) is 23.8 Å². The van der Waals surface area contributed by atoms with Crippen LogP contribution in [0.2, 0.25) is 0 Å². The molecule has 3 heteroatoms. The Hall–Kier alpha value is -2.34. The van der Waals surface area contributed by atoms with Crippen LogP contribution < -0.4 is 4.74 Å². The maximum atomic E-state index is 14.0. The first-order valence-corrected chi connectivity index (χ1v) is 5.09. The van der Waals surface area contributed by atoms with Gasteiger partial charge in [0.1, 0.15) is 0 Å². The van der Waals surface area contributed by atoms with Crippen LogP contribution in [0, 0.1) is 17.1 Å². The van der Waals surface area contributed by atoms with Crippen LogP contribution >= 0.6 is 0 Å². The standard InChI is InChI=1S/C14H10FNO/c1-17-13-7-3-6-12(14(13)15)11-5-2-4-10(8-11)9-16/h2-8H,1H3. The van der Waals surface area contributed by atoms with E-state index in [1.807, 2.05) is 6.07 Å². The van der Waals surface area contributed by atoms with Gasteiger partial charge in [0.25, 0.3) is 0 Å². The van der Waals surface area contributed by atoms with Crippen LogP contribution in [-0.2, 0) is 0 Å². The molecular formula is C14H10FNO. The van der Waals surface area contributed by atoms with E-state index in [4.69, 9.17) is 10.00 Å². The third kappa shape index (κ3) is 2.11. The Morgan fingerprint density at radius 2 is 1.94 bits per heavy atom. The molecule has 0 saturated heterocycles. The Bertz CT molecular complexity index is 587. The van der Waals surface area contributed by atoms with Gasteiger partial charge in [-0.3, -0.25) is 0 Å². The summed E-state index contributed by atoms with van der Waals surface area (Å²) in [7, 11) is 1.42. The summed E-state index contributed by atoms with van der Waals surface area (Å²) in [5.41, 5.74) is 1.60. The first kappa shape index (κ1) is 11.2. The number of methoxy groups -OCH3 is 1. The zero-order valence-electron chi connectivity index (χ0n) is 9.27. The van der Waals surface area contributed by atoms with Crippen LogP contribution in [0.4, 0.5) is 4.39 Å². The zero-order valence-corrected chi connectivity index (χ0v) is 9.27. The largest absolute Gasteiger partial charge is 0.494 e. The Kier molecular flexibility index (Phi) is 3.06. The lowest BCUT2D eigenvalue weighted by molar-refractivity contribution is 0.387. The van der Waals surface area contributed by atoms with Crippen molar-refractivity contribution in [3.63, 3.8) is 0 Å². The van der Waals surface area contributed by atoms with Crippen LogP contribution in [0.15, 0.2) is 42.5 Å². The monoisotopic (exact) mass is 227 g/mol. The molecule has 2 rings (SSSR count). The second-order valence-electron chi connectivity index (χ2n) is 3.51. The van der Waals surface area contributed by atoms with Gasteiger partial charge in [-0.15, -0.1) is 0 Å². The average Bonchev–Trinajstić information content (AvgIpc) is 2.39. The van der Waals surface area contributed by atoms with Crippen molar-refractivity contribution in [3.8, 4) is 22.9 Å². The lowest BCUT2D eigenvalue weighted by atomic mass is 10.0. The van der Waals surface area contributed by atoms with Crippen molar-refractivity contribution in [1.29, 1.82) is 5.26 Å². The van der Waals surface area contributed by atoms with E-state index in [0.29, 0.717) is 16.7 Å². The highest BCUT2D eigenvalue weighted by atomic mass is 19.1. The average molecular weight is 227 g/mol. The first-order valence-electron chi connectivity index (χ1n) is 5.09. The smallest absolute Gasteiger partial charge is 0.172 e. The fourth-order valence-corrected chi connectivity index (χ4v) is 1.65. The summed E-state index contributed by atoms with van der Waals surface area (Å²) < 4.78 is 18.9. The van der Waals surface area contributed by atoms with E-state index < -0.39 is 5.82 Å². The minimum absolute atomic E-state index is 0.199. The summed E-state index contributed by atoms with van der Waals surface area (Å²) in [6.07, 6.45) is 0.